The Kier molecular flexibility index (Phi) is 4.50. The molecule has 0 atom stereocenters. The van der Waals surface area contributed by atoms with E-state index in [0.717, 1.165) is 42.4 Å². The van der Waals surface area contributed by atoms with E-state index in [-0.39, 0.29) is 5.78 Å². The van der Waals surface area contributed by atoms with Crippen LogP contribution in [0.4, 0.5) is 0 Å². The molecule has 2 rings (SSSR count). The molecule has 1 aliphatic carbocycles. The highest BCUT2D eigenvalue weighted by atomic mass is 16.4. The number of nitrogens with zero attached hydrogens (tertiary/aromatic N) is 1. The van der Waals surface area contributed by atoms with Gasteiger partial charge < -0.3 is 5.21 Å². The zero-order chi connectivity index (χ0) is 13.7. The van der Waals surface area contributed by atoms with Crippen LogP contribution in [-0.2, 0) is 4.79 Å². The minimum atomic E-state index is 0.240. The average Bonchev–Trinajstić information content (AvgIpc) is 2.78. The van der Waals surface area contributed by atoms with Gasteiger partial charge in [0.2, 0.25) is 0 Å². The van der Waals surface area contributed by atoms with Crippen LogP contribution >= 0.6 is 0 Å². The summed E-state index contributed by atoms with van der Waals surface area (Å²) in [7, 11) is 0. The monoisotopic (exact) mass is 257 g/mol. The van der Waals surface area contributed by atoms with E-state index in [1.54, 1.807) is 0 Å². The normalized spacial score (nSPS) is 15.7. The van der Waals surface area contributed by atoms with Gasteiger partial charge in [0, 0.05) is 12.0 Å². The number of unbranched alkanes of at least 4 members (excludes halogenated alkanes) is 1. The summed E-state index contributed by atoms with van der Waals surface area (Å²) in [6, 6.07) is 7.61. The molecule has 100 valence electrons. The van der Waals surface area contributed by atoms with Crippen LogP contribution in [0.1, 0.15) is 50.2 Å². The molecule has 0 radical (unpaired) electrons. The molecular formula is C16H19NO2. The van der Waals surface area contributed by atoms with E-state index in [9.17, 15) is 4.79 Å². The lowest BCUT2D eigenvalue weighted by Gasteiger charge is -2.07. The molecule has 0 bridgehead atoms. The van der Waals surface area contributed by atoms with Gasteiger partial charge in [-0.1, -0.05) is 42.3 Å². The van der Waals surface area contributed by atoms with Gasteiger partial charge in [-0.15, -0.1) is 0 Å². The summed E-state index contributed by atoms with van der Waals surface area (Å²) in [4.78, 5) is 12.1. The number of allylic oxidation sites excluding steroid dienone is 2. The lowest BCUT2D eigenvalue weighted by atomic mass is 9.97. The standard InChI is InChI=1S/C16H19NO2/c1-2-3-6-13-8-9-15(18)16(13)14-7-4-5-12(10-14)11-17-19/h4-5,7,10-11,19H,2-3,6,8-9H2,1H3/b17-11-. The fraction of sp³-hybridized carbons (Fsp3) is 0.375. The Balaban J connectivity index is 2.36. The van der Waals surface area contributed by atoms with Gasteiger partial charge in [-0.05, 0) is 36.5 Å². The molecule has 0 fully saturated rings. The number of carbonyl (C=O) groups excluding carboxylic acids is 1. The molecule has 0 aromatic heterocycles. The number of benzene rings is 1. The number of rotatable bonds is 5. The molecule has 1 N–H and O–H groups in total. The zero-order valence-corrected chi connectivity index (χ0v) is 11.2. The number of carbonyl (C=O) groups is 1. The molecule has 0 heterocycles. The molecule has 1 aromatic rings. The van der Waals surface area contributed by atoms with Gasteiger partial charge in [-0.25, -0.2) is 0 Å². The third-order valence-corrected chi connectivity index (χ3v) is 3.50. The molecule has 1 aromatic carbocycles. The average molecular weight is 257 g/mol. The highest BCUT2D eigenvalue weighted by Crippen LogP contribution is 2.34. The van der Waals surface area contributed by atoms with Crippen LogP contribution in [-0.4, -0.2) is 17.2 Å². The highest BCUT2D eigenvalue weighted by molar-refractivity contribution is 6.23. The minimum Gasteiger partial charge on any atom is -0.411 e. The quantitative estimate of drug-likeness (QED) is 0.495. The van der Waals surface area contributed by atoms with Gasteiger partial charge in [-0.2, -0.15) is 0 Å². The summed E-state index contributed by atoms with van der Waals surface area (Å²) < 4.78 is 0. The maximum Gasteiger partial charge on any atom is 0.163 e. The van der Waals surface area contributed by atoms with Gasteiger partial charge in [0.15, 0.2) is 5.78 Å². The van der Waals surface area contributed by atoms with Gasteiger partial charge in [0.1, 0.15) is 0 Å². The molecule has 3 nitrogen and oxygen atoms in total. The third kappa shape index (κ3) is 3.11. The topological polar surface area (TPSA) is 49.7 Å². The third-order valence-electron chi connectivity index (χ3n) is 3.50. The van der Waals surface area contributed by atoms with Crippen molar-refractivity contribution in [3.05, 3.63) is 41.0 Å². The summed E-state index contributed by atoms with van der Waals surface area (Å²) in [5.41, 5.74) is 3.93. The first-order chi connectivity index (χ1) is 9.26. The SMILES string of the molecule is CCCCC1=C(c2cccc(/C=N\O)c2)C(=O)CC1. The first-order valence-electron chi connectivity index (χ1n) is 6.79. The Morgan fingerprint density at radius 2 is 2.21 bits per heavy atom. The van der Waals surface area contributed by atoms with Gasteiger partial charge >= 0.3 is 0 Å². The van der Waals surface area contributed by atoms with Crippen LogP contribution < -0.4 is 0 Å². The van der Waals surface area contributed by atoms with E-state index in [1.807, 2.05) is 24.3 Å². The molecule has 1 aliphatic rings. The second-order valence-electron chi connectivity index (χ2n) is 4.88. The molecule has 0 spiro atoms. The Morgan fingerprint density at radius 1 is 1.37 bits per heavy atom. The number of hydrogen-bond donors (Lipinski definition) is 1. The van der Waals surface area contributed by atoms with Crippen LogP contribution in [0.25, 0.3) is 5.57 Å². The van der Waals surface area contributed by atoms with E-state index >= 15 is 0 Å². The van der Waals surface area contributed by atoms with Crippen molar-refractivity contribution in [3.8, 4) is 0 Å². The summed E-state index contributed by atoms with van der Waals surface area (Å²) in [6.07, 6.45) is 6.19. The van der Waals surface area contributed by atoms with Crippen LogP contribution in [0.5, 0.6) is 0 Å². The molecule has 3 heteroatoms. The summed E-state index contributed by atoms with van der Waals surface area (Å²) >= 11 is 0. The summed E-state index contributed by atoms with van der Waals surface area (Å²) in [5.74, 6) is 0.240. The van der Waals surface area contributed by atoms with E-state index < -0.39 is 0 Å². The van der Waals surface area contributed by atoms with Crippen molar-refractivity contribution in [2.75, 3.05) is 0 Å². The molecule has 0 saturated heterocycles. The van der Waals surface area contributed by atoms with Crippen LogP contribution in [0, 0.1) is 0 Å². The van der Waals surface area contributed by atoms with Crippen molar-refractivity contribution in [3.63, 3.8) is 0 Å². The number of ketones is 1. The number of oxime groups is 1. The van der Waals surface area contributed by atoms with E-state index in [1.165, 1.54) is 11.8 Å². The van der Waals surface area contributed by atoms with E-state index in [4.69, 9.17) is 5.21 Å². The fourth-order valence-corrected chi connectivity index (χ4v) is 2.56. The number of Topliss-reactive ketones (excluding diaryl/α,β-unsaturated/α-hetero) is 1. The van der Waals surface area contributed by atoms with Crippen molar-refractivity contribution in [2.45, 2.75) is 39.0 Å². The lowest BCUT2D eigenvalue weighted by molar-refractivity contribution is -0.113. The molecule has 0 saturated carbocycles. The largest absolute Gasteiger partial charge is 0.411 e. The Bertz CT molecular complexity index is 529. The molecule has 0 aliphatic heterocycles. The number of hydrogen-bond acceptors (Lipinski definition) is 3. The molecular weight excluding hydrogens is 238 g/mol. The first-order valence-corrected chi connectivity index (χ1v) is 6.79. The predicted octanol–water partition coefficient (Wildman–Crippen LogP) is 3.80. The smallest absolute Gasteiger partial charge is 0.163 e. The molecule has 0 amide bonds. The van der Waals surface area contributed by atoms with Crippen LogP contribution in [0.2, 0.25) is 0 Å². The van der Waals surface area contributed by atoms with Crippen LogP contribution in [0.15, 0.2) is 35.0 Å². The maximum atomic E-state index is 12.1. The first kappa shape index (κ1) is 13.5. The van der Waals surface area contributed by atoms with E-state index in [0.29, 0.717) is 6.42 Å². The second kappa shape index (κ2) is 6.32. The lowest BCUT2D eigenvalue weighted by Crippen LogP contribution is -1.97. The van der Waals surface area contributed by atoms with Gasteiger partial charge in [-0.3, -0.25) is 4.79 Å². The summed E-state index contributed by atoms with van der Waals surface area (Å²) in [6.45, 7) is 2.16. The summed E-state index contributed by atoms with van der Waals surface area (Å²) in [5, 5.41) is 11.6. The van der Waals surface area contributed by atoms with Crippen molar-refractivity contribution in [2.24, 2.45) is 5.16 Å². The molecule has 19 heavy (non-hydrogen) atoms. The van der Waals surface area contributed by atoms with Gasteiger partial charge in [0.25, 0.3) is 0 Å². The fourth-order valence-electron chi connectivity index (χ4n) is 2.56. The van der Waals surface area contributed by atoms with Crippen molar-refractivity contribution >= 4 is 17.6 Å². The zero-order valence-electron chi connectivity index (χ0n) is 11.2. The second-order valence-corrected chi connectivity index (χ2v) is 4.88. The van der Waals surface area contributed by atoms with Crippen LogP contribution in [0.3, 0.4) is 0 Å². The van der Waals surface area contributed by atoms with Crippen molar-refractivity contribution in [1.82, 2.24) is 0 Å². The van der Waals surface area contributed by atoms with Crippen molar-refractivity contribution < 1.29 is 10.0 Å². The predicted molar refractivity (Wildman–Crippen MR) is 76.5 cm³/mol. The van der Waals surface area contributed by atoms with Gasteiger partial charge in [0.05, 0.1) is 6.21 Å². The van der Waals surface area contributed by atoms with Crippen molar-refractivity contribution in [1.29, 1.82) is 0 Å². The Morgan fingerprint density at radius 3 is 2.95 bits per heavy atom. The highest BCUT2D eigenvalue weighted by Gasteiger charge is 2.23. The maximum absolute atomic E-state index is 12.1. The van der Waals surface area contributed by atoms with E-state index in [2.05, 4.69) is 12.1 Å². The molecule has 0 unspecified atom stereocenters. The minimum absolute atomic E-state index is 0.240. The Hall–Kier alpha value is -1.90. The Labute approximate surface area is 113 Å².